The molecule has 0 unspecified atom stereocenters. The quantitative estimate of drug-likeness (QED) is 0.790. The van der Waals surface area contributed by atoms with E-state index >= 15 is 0 Å². The van der Waals surface area contributed by atoms with Crippen molar-refractivity contribution >= 4 is 10.2 Å². The summed E-state index contributed by atoms with van der Waals surface area (Å²) in [5.41, 5.74) is 0.835. The van der Waals surface area contributed by atoms with Gasteiger partial charge in [0.2, 0.25) is 0 Å². The molecule has 0 atom stereocenters. The van der Waals surface area contributed by atoms with Crippen LogP contribution in [0.5, 0.6) is 0 Å². The van der Waals surface area contributed by atoms with Crippen LogP contribution in [0.1, 0.15) is 31.2 Å². The molecule has 2 aliphatic rings. The summed E-state index contributed by atoms with van der Waals surface area (Å²) in [7, 11) is -3.38. The Hall–Kier alpha value is -0.890. The highest BCUT2D eigenvalue weighted by atomic mass is 32.2. The van der Waals surface area contributed by atoms with Gasteiger partial charge in [0, 0.05) is 31.2 Å². The Morgan fingerprint density at radius 3 is 2.62 bits per heavy atom. The minimum Gasteiger partial charge on any atom is -0.472 e. The Morgan fingerprint density at radius 2 is 2.00 bits per heavy atom. The normalized spacial score (nSPS) is 21.7. The topological polar surface area (TPSA) is 74.6 Å². The monoisotopic (exact) mass is 313 g/mol. The number of nitrogens with zero attached hydrogens (tertiary/aromatic N) is 1. The van der Waals surface area contributed by atoms with E-state index in [1.54, 1.807) is 22.9 Å². The Morgan fingerprint density at radius 1 is 1.24 bits per heavy atom. The summed E-state index contributed by atoms with van der Waals surface area (Å²) in [5, 5.41) is 3.53. The smallest absolute Gasteiger partial charge is 0.279 e. The van der Waals surface area contributed by atoms with Gasteiger partial charge in [-0.15, -0.1) is 0 Å². The van der Waals surface area contributed by atoms with E-state index in [0.717, 1.165) is 31.0 Å². The van der Waals surface area contributed by atoms with Gasteiger partial charge in [-0.2, -0.15) is 17.4 Å². The molecule has 1 aromatic rings. The van der Waals surface area contributed by atoms with E-state index in [-0.39, 0.29) is 6.54 Å². The fraction of sp³-hybridized carbons (Fsp3) is 0.714. The number of piperidine rings is 1. The lowest BCUT2D eigenvalue weighted by Crippen LogP contribution is -2.45. The van der Waals surface area contributed by atoms with Crippen molar-refractivity contribution in [3.05, 3.63) is 24.2 Å². The van der Waals surface area contributed by atoms with Gasteiger partial charge < -0.3 is 9.73 Å². The van der Waals surface area contributed by atoms with E-state index in [1.165, 1.54) is 12.8 Å². The molecule has 1 aromatic heterocycles. The molecule has 2 N–H and O–H groups in total. The molecule has 3 rings (SSSR count). The van der Waals surface area contributed by atoms with Gasteiger partial charge in [-0.05, 0) is 44.2 Å². The van der Waals surface area contributed by atoms with Crippen LogP contribution in [0, 0.1) is 5.92 Å². The summed E-state index contributed by atoms with van der Waals surface area (Å²) in [6.07, 6.45) is 7.56. The fourth-order valence-corrected chi connectivity index (χ4v) is 3.86. The Kier molecular flexibility index (Phi) is 4.63. The molecular formula is C14H23N3O3S. The van der Waals surface area contributed by atoms with Crippen LogP contribution in [0.15, 0.2) is 23.0 Å². The van der Waals surface area contributed by atoms with Crippen LogP contribution in [-0.4, -0.2) is 38.4 Å². The average Bonchev–Trinajstić information content (AvgIpc) is 3.17. The molecule has 2 heterocycles. The van der Waals surface area contributed by atoms with Gasteiger partial charge >= 0.3 is 0 Å². The van der Waals surface area contributed by atoms with E-state index < -0.39 is 10.2 Å². The molecule has 0 radical (unpaired) electrons. The lowest BCUT2D eigenvalue weighted by Gasteiger charge is -2.31. The number of furan rings is 1. The zero-order valence-electron chi connectivity index (χ0n) is 12.1. The summed E-state index contributed by atoms with van der Waals surface area (Å²) >= 11 is 0. The fourth-order valence-electron chi connectivity index (χ4n) is 2.63. The minimum atomic E-state index is -3.38. The SMILES string of the molecule is O=S(=O)(NCc1ccoc1)N1CCC(CNC2CC2)CC1. The first-order valence-corrected chi connectivity index (χ1v) is 9.07. The van der Waals surface area contributed by atoms with Crippen LogP contribution in [0.4, 0.5) is 0 Å². The number of hydrogen-bond acceptors (Lipinski definition) is 4. The van der Waals surface area contributed by atoms with Gasteiger partial charge in [0.15, 0.2) is 0 Å². The highest BCUT2D eigenvalue weighted by molar-refractivity contribution is 7.87. The molecule has 118 valence electrons. The maximum atomic E-state index is 12.2. The number of rotatable bonds is 7. The van der Waals surface area contributed by atoms with Crippen molar-refractivity contribution in [3.8, 4) is 0 Å². The third-order valence-electron chi connectivity index (χ3n) is 4.22. The van der Waals surface area contributed by atoms with E-state index in [9.17, 15) is 8.42 Å². The third-order valence-corrected chi connectivity index (χ3v) is 5.78. The first-order chi connectivity index (χ1) is 10.1. The second-order valence-corrected chi connectivity index (χ2v) is 7.74. The lowest BCUT2D eigenvalue weighted by molar-refractivity contribution is 0.264. The second kappa shape index (κ2) is 6.48. The van der Waals surface area contributed by atoms with E-state index in [1.807, 2.05) is 0 Å². The predicted molar refractivity (Wildman–Crippen MR) is 79.8 cm³/mol. The maximum Gasteiger partial charge on any atom is 0.279 e. The molecule has 0 spiro atoms. The first kappa shape index (κ1) is 15.0. The van der Waals surface area contributed by atoms with Crippen LogP contribution in [0.3, 0.4) is 0 Å². The highest BCUT2D eigenvalue weighted by Crippen LogP contribution is 2.22. The molecule has 1 aliphatic heterocycles. The summed E-state index contributed by atoms with van der Waals surface area (Å²) < 4.78 is 33.6. The Labute approximate surface area is 126 Å². The molecule has 0 amide bonds. The van der Waals surface area contributed by atoms with E-state index in [4.69, 9.17) is 4.42 Å². The summed E-state index contributed by atoms with van der Waals surface area (Å²) in [5.74, 6) is 0.603. The van der Waals surface area contributed by atoms with Crippen LogP contribution in [0.25, 0.3) is 0 Å². The molecule has 0 bridgehead atoms. The van der Waals surface area contributed by atoms with Crippen molar-refractivity contribution < 1.29 is 12.8 Å². The third kappa shape index (κ3) is 4.29. The molecule has 1 aliphatic carbocycles. The maximum absolute atomic E-state index is 12.2. The van der Waals surface area contributed by atoms with Crippen molar-refractivity contribution in [2.45, 2.75) is 38.3 Å². The molecule has 6 nitrogen and oxygen atoms in total. The van der Waals surface area contributed by atoms with Crippen molar-refractivity contribution in [1.82, 2.24) is 14.3 Å². The van der Waals surface area contributed by atoms with Crippen LogP contribution < -0.4 is 10.0 Å². The second-order valence-electron chi connectivity index (χ2n) is 5.98. The van der Waals surface area contributed by atoms with Gasteiger partial charge in [0.05, 0.1) is 12.5 Å². The van der Waals surface area contributed by atoms with E-state index in [2.05, 4.69) is 10.0 Å². The van der Waals surface area contributed by atoms with Crippen molar-refractivity contribution in [2.24, 2.45) is 5.92 Å². The minimum absolute atomic E-state index is 0.280. The zero-order chi connectivity index (χ0) is 14.7. The summed E-state index contributed by atoms with van der Waals surface area (Å²) in [4.78, 5) is 0. The van der Waals surface area contributed by atoms with Crippen LogP contribution >= 0.6 is 0 Å². The summed E-state index contributed by atoms with van der Waals surface area (Å²) in [6, 6.07) is 2.49. The molecule has 21 heavy (non-hydrogen) atoms. The van der Waals surface area contributed by atoms with E-state index in [0.29, 0.717) is 19.0 Å². The molecule has 2 fully saturated rings. The number of nitrogens with one attached hydrogen (secondary N) is 2. The van der Waals surface area contributed by atoms with Crippen molar-refractivity contribution in [3.63, 3.8) is 0 Å². The van der Waals surface area contributed by atoms with Gasteiger partial charge in [-0.25, -0.2) is 0 Å². The Bertz CT molecular complexity index is 532. The largest absolute Gasteiger partial charge is 0.472 e. The first-order valence-electron chi connectivity index (χ1n) is 7.63. The lowest BCUT2D eigenvalue weighted by atomic mass is 9.98. The summed E-state index contributed by atoms with van der Waals surface area (Å²) in [6.45, 7) is 2.53. The molecular weight excluding hydrogens is 290 g/mol. The molecule has 7 heteroatoms. The highest BCUT2D eigenvalue weighted by Gasteiger charge is 2.29. The zero-order valence-corrected chi connectivity index (χ0v) is 12.9. The van der Waals surface area contributed by atoms with Gasteiger partial charge in [-0.1, -0.05) is 0 Å². The molecule has 0 aromatic carbocycles. The number of hydrogen-bond donors (Lipinski definition) is 2. The molecule has 1 saturated heterocycles. The average molecular weight is 313 g/mol. The van der Waals surface area contributed by atoms with Gasteiger partial charge in [-0.3, -0.25) is 0 Å². The van der Waals surface area contributed by atoms with Crippen LogP contribution in [0.2, 0.25) is 0 Å². The standard InChI is InChI=1S/C14H23N3O3S/c18-21(19,16-10-13-5-8-20-11-13)17-6-3-12(4-7-17)9-15-14-1-2-14/h5,8,11-12,14-16H,1-4,6-7,9-10H2. The van der Waals surface area contributed by atoms with Gasteiger partial charge in [0.25, 0.3) is 10.2 Å². The molecule has 1 saturated carbocycles. The van der Waals surface area contributed by atoms with Gasteiger partial charge in [0.1, 0.15) is 0 Å². The van der Waals surface area contributed by atoms with Crippen molar-refractivity contribution in [2.75, 3.05) is 19.6 Å². The Balaban J connectivity index is 1.43. The predicted octanol–water partition coefficient (Wildman–Crippen LogP) is 1.08. The van der Waals surface area contributed by atoms with Crippen molar-refractivity contribution in [1.29, 1.82) is 0 Å². The van der Waals surface area contributed by atoms with Crippen LogP contribution in [-0.2, 0) is 16.8 Å².